The molecule has 1 unspecified atom stereocenters. The Morgan fingerprint density at radius 3 is 2.64 bits per heavy atom. The Kier molecular flexibility index (Phi) is 8.21. The van der Waals surface area contributed by atoms with E-state index in [1.807, 2.05) is 11.0 Å². The molecule has 0 aromatic heterocycles. The van der Waals surface area contributed by atoms with Crippen molar-refractivity contribution in [3.05, 3.63) is 42.0 Å². The van der Waals surface area contributed by atoms with Crippen molar-refractivity contribution in [3.63, 3.8) is 0 Å². The maximum atomic E-state index is 12.0. The van der Waals surface area contributed by atoms with Gasteiger partial charge >= 0.3 is 0 Å². The second-order valence-corrected chi connectivity index (χ2v) is 5.76. The summed E-state index contributed by atoms with van der Waals surface area (Å²) in [6, 6.07) is 10.7. The number of carbonyl (C=O) groups is 1. The Morgan fingerprint density at radius 1 is 1.27 bits per heavy atom. The zero-order valence-corrected chi connectivity index (χ0v) is 14.4. The minimum atomic E-state index is 0. The molecule has 0 N–H and O–H groups in total. The maximum absolute atomic E-state index is 12.0. The largest absolute Gasteiger partial charge is 0.337 e. The lowest BCUT2D eigenvalue weighted by molar-refractivity contribution is -0.135. The number of benzene rings is 1. The zero-order chi connectivity index (χ0) is 15.1. The zero-order valence-electron chi connectivity index (χ0n) is 13.6. The first kappa shape index (κ1) is 18.7. The van der Waals surface area contributed by atoms with Crippen LogP contribution in [0.2, 0.25) is 0 Å². The molecule has 1 fully saturated rings. The quantitative estimate of drug-likeness (QED) is 0.829. The SMILES string of the molecule is CCCC(=O)N1CCN(C/C=C/c2ccccc2)CC1C.Cl. The molecule has 1 atom stereocenters. The third kappa shape index (κ3) is 5.47. The van der Waals surface area contributed by atoms with Crippen LogP contribution < -0.4 is 0 Å². The van der Waals surface area contributed by atoms with Gasteiger partial charge in [-0.25, -0.2) is 0 Å². The molecule has 0 aliphatic carbocycles. The lowest BCUT2D eigenvalue weighted by atomic mass is 10.1. The van der Waals surface area contributed by atoms with Crippen LogP contribution in [-0.4, -0.2) is 47.9 Å². The van der Waals surface area contributed by atoms with E-state index in [9.17, 15) is 4.79 Å². The van der Waals surface area contributed by atoms with Crippen molar-refractivity contribution in [2.45, 2.75) is 32.7 Å². The van der Waals surface area contributed by atoms with Gasteiger partial charge in [0, 0.05) is 38.6 Å². The van der Waals surface area contributed by atoms with Gasteiger partial charge in [0.2, 0.25) is 5.91 Å². The first-order valence-corrected chi connectivity index (χ1v) is 7.94. The van der Waals surface area contributed by atoms with E-state index in [0.717, 1.165) is 32.6 Å². The molecule has 0 radical (unpaired) electrons. The number of amides is 1. The summed E-state index contributed by atoms with van der Waals surface area (Å²) in [6.07, 6.45) is 5.99. The normalized spacial score (nSPS) is 19.2. The van der Waals surface area contributed by atoms with Gasteiger partial charge in [0.05, 0.1) is 0 Å². The van der Waals surface area contributed by atoms with Crippen LogP contribution in [0.5, 0.6) is 0 Å². The highest BCUT2D eigenvalue weighted by Crippen LogP contribution is 2.12. The number of nitrogens with zero attached hydrogens (tertiary/aromatic N) is 2. The van der Waals surface area contributed by atoms with Gasteiger partial charge in [-0.1, -0.05) is 49.4 Å². The maximum Gasteiger partial charge on any atom is 0.222 e. The van der Waals surface area contributed by atoms with Crippen LogP contribution in [0.3, 0.4) is 0 Å². The molecule has 122 valence electrons. The van der Waals surface area contributed by atoms with Crippen molar-refractivity contribution < 1.29 is 4.79 Å². The summed E-state index contributed by atoms with van der Waals surface area (Å²) >= 11 is 0. The van der Waals surface area contributed by atoms with Gasteiger partial charge in [-0.2, -0.15) is 0 Å². The highest BCUT2D eigenvalue weighted by molar-refractivity contribution is 5.85. The Hall–Kier alpha value is -1.32. The lowest BCUT2D eigenvalue weighted by Gasteiger charge is -2.39. The van der Waals surface area contributed by atoms with Crippen LogP contribution in [0.1, 0.15) is 32.3 Å². The van der Waals surface area contributed by atoms with Crippen LogP contribution in [-0.2, 0) is 4.79 Å². The molecule has 3 nitrogen and oxygen atoms in total. The van der Waals surface area contributed by atoms with Gasteiger partial charge in [0.1, 0.15) is 0 Å². The molecule has 4 heteroatoms. The molecular weight excluding hydrogens is 296 g/mol. The molecular formula is C18H27ClN2O. The van der Waals surface area contributed by atoms with E-state index < -0.39 is 0 Å². The molecule has 1 aliphatic rings. The second kappa shape index (κ2) is 9.65. The van der Waals surface area contributed by atoms with Gasteiger partial charge in [-0.05, 0) is 18.9 Å². The average molecular weight is 323 g/mol. The van der Waals surface area contributed by atoms with Gasteiger partial charge in [0.15, 0.2) is 0 Å². The first-order valence-electron chi connectivity index (χ1n) is 7.94. The van der Waals surface area contributed by atoms with Crippen LogP contribution >= 0.6 is 12.4 Å². The molecule has 1 aromatic carbocycles. The number of carbonyl (C=O) groups excluding carboxylic acids is 1. The summed E-state index contributed by atoms with van der Waals surface area (Å²) in [6.45, 7) is 7.97. The van der Waals surface area contributed by atoms with Crippen LogP contribution in [0.4, 0.5) is 0 Å². The number of piperazine rings is 1. The lowest BCUT2D eigenvalue weighted by Crippen LogP contribution is -2.53. The molecule has 1 aromatic rings. The predicted molar refractivity (Wildman–Crippen MR) is 95.2 cm³/mol. The van der Waals surface area contributed by atoms with Crippen molar-refractivity contribution in [3.8, 4) is 0 Å². The van der Waals surface area contributed by atoms with Gasteiger partial charge in [0.25, 0.3) is 0 Å². The Labute approximate surface area is 140 Å². The average Bonchev–Trinajstić information content (AvgIpc) is 2.48. The Bertz CT molecular complexity index is 475. The van der Waals surface area contributed by atoms with E-state index in [4.69, 9.17) is 0 Å². The Morgan fingerprint density at radius 2 is 2.00 bits per heavy atom. The van der Waals surface area contributed by atoms with E-state index in [1.54, 1.807) is 0 Å². The summed E-state index contributed by atoms with van der Waals surface area (Å²) in [5.74, 6) is 0.310. The van der Waals surface area contributed by atoms with Gasteiger partial charge in [-0.3, -0.25) is 9.69 Å². The molecule has 0 bridgehead atoms. The third-order valence-electron chi connectivity index (χ3n) is 3.97. The van der Waals surface area contributed by atoms with Crippen molar-refractivity contribution in [1.82, 2.24) is 9.80 Å². The van der Waals surface area contributed by atoms with Crippen LogP contribution in [0, 0.1) is 0 Å². The fraction of sp³-hybridized carbons (Fsp3) is 0.500. The monoisotopic (exact) mass is 322 g/mol. The molecule has 1 amide bonds. The van der Waals surface area contributed by atoms with E-state index in [1.165, 1.54) is 5.56 Å². The summed E-state index contributed by atoms with van der Waals surface area (Å²) < 4.78 is 0. The predicted octanol–water partition coefficient (Wildman–Crippen LogP) is 3.45. The topological polar surface area (TPSA) is 23.6 Å². The highest BCUT2D eigenvalue weighted by atomic mass is 35.5. The smallest absolute Gasteiger partial charge is 0.222 e. The number of hydrogen-bond acceptors (Lipinski definition) is 2. The van der Waals surface area contributed by atoms with Crippen LogP contribution in [0.25, 0.3) is 6.08 Å². The summed E-state index contributed by atoms with van der Waals surface area (Å²) in [5, 5.41) is 0. The molecule has 0 spiro atoms. The number of hydrogen-bond donors (Lipinski definition) is 0. The molecule has 1 heterocycles. The molecule has 0 saturated carbocycles. The Balaban J connectivity index is 0.00000242. The third-order valence-corrected chi connectivity index (χ3v) is 3.97. The van der Waals surface area contributed by atoms with Crippen molar-refractivity contribution >= 4 is 24.4 Å². The minimum absolute atomic E-state index is 0. The molecule has 1 aliphatic heterocycles. The number of halogens is 1. The first-order chi connectivity index (χ1) is 10.2. The highest BCUT2D eigenvalue weighted by Gasteiger charge is 2.25. The van der Waals surface area contributed by atoms with Crippen molar-refractivity contribution in [1.29, 1.82) is 0 Å². The number of rotatable bonds is 5. The van der Waals surface area contributed by atoms with Gasteiger partial charge in [-0.15, -0.1) is 12.4 Å². The fourth-order valence-corrected chi connectivity index (χ4v) is 2.83. The fourth-order valence-electron chi connectivity index (χ4n) is 2.83. The van der Waals surface area contributed by atoms with Gasteiger partial charge < -0.3 is 4.90 Å². The standard InChI is InChI=1S/C18H26N2O.ClH/c1-3-8-18(21)20-14-13-19(15-16(20)2)12-7-11-17-9-5-4-6-10-17;/h4-7,9-11,16H,3,8,12-15H2,1-2H3;1H/b11-7+;. The summed E-state index contributed by atoms with van der Waals surface area (Å²) in [5.41, 5.74) is 1.24. The summed E-state index contributed by atoms with van der Waals surface area (Å²) in [7, 11) is 0. The van der Waals surface area contributed by atoms with E-state index in [2.05, 4.69) is 55.2 Å². The summed E-state index contributed by atoms with van der Waals surface area (Å²) in [4.78, 5) is 16.5. The van der Waals surface area contributed by atoms with Crippen molar-refractivity contribution in [2.75, 3.05) is 26.2 Å². The molecule has 2 rings (SSSR count). The minimum Gasteiger partial charge on any atom is -0.337 e. The second-order valence-electron chi connectivity index (χ2n) is 5.76. The molecule has 22 heavy (non-hydrogen) atoms. The van der Waals surface area contributed by atoms with Crippen molar-refractivity contribution in [2.24, 2.45) is 0 Å². The van der Waals surface area contributed by atoms with E-state index in [0.29, 0.717) is 18.4 Å². The van der Waals surface area contributed by atoms with E-state index in [-0.39, 0.29) is 12.4 Å². The molecule has 1 saturated heterocycles. The van der Waals surface area contributed by atoms with E-state index >= 15 is 0 Å². The van der Waals surface area contributed by atoms with Crippen LogP contribution in [0.15, 0.2) is 36.4 Å².